The zero-order chi connectivity index (χ0) is 17.6. The predicted molar refractivity (Wildman–Crippen MR) is 80.9 cm³/mol. The second kappa shape index (κ2) is 12.4. The minimum absolute atomic E-state index is 0. The molecule has 0 aliphatic heterocycles. The van der Waals surface area contributed by atoms with Gasteiger partial charge in [0.25, 0.3) is 11.9 Å². The molecule has 2 aromatic carbocycles. The van der Waals surface area contributed by atoms with Crippen LogP contribution in [-0.4, -0.2) is 33.2 Å². The van der Waals surface area contributed by atoms with Crippen molar-refractivity contribution >= 4 is 17.9 Å². The molecule has 8 heteroatoms. The Morgan fingerprint density at radius 3 is 1.68 bits per heavy atom. The fraction of sp³-hybridized carbons (Fsp3) is 0.118. The number of carboxylic acid groups (broad SMARTS) is 3. The van der Waals surface area contributed by atoms with E-state index < -0.39 is 17.9 Å². The number of hydrogen-bond acceptors (Lipinski definition) is 3. The molecule has 0 spiro atoms. The van der Waals surface area contributed by atoms with Crippen LogP contribution in [0.25, 0.3) is 0 Å². The smallest absolute Gasteiger partial charge is 0.292 e. The van der Waals surface area contributed by atoms with E-state index in [-0.39, 0.29) is 76.5 Å². The van der Waals surface area contributed by atoms with Crippen molar-refractivity contribution in [3.05, 3.63) is 70.3 Å². The van der Waals surface area contributed by atoms with E-state index in [1.165, 1.54) is 19.1 Å². The van der Waals surface area contributed by atoms with Crippen molar-refractivity contribution in [1.29, 1.82) is 0 Å². The van der Waals surface area contributed by atoms with Crippen LogP contribution in [-0.2, 0) is 65.4 Å². The van der Waals surface area contributed by atoms with Gasteiger partial charge in [-0.2, -0.15) is 29.8 Å². The molecule has 0 aliphatic rings. The molecule has 0 saturated heterocycles. The summed E-state index contributed by atoms with van der Waals surface area (Å²) in [6.45, 7) is 3.37. The molecule has 0 bridgehead atoms. The maximum absolute atomic E-state index is 10.5. The number of carboxylic acids is 3. The minimum Gasteiger partial charge on any atom is -0.521 e. The van der Waals surface area contributed by atoms with Crippen molar-refractivity contribution in [3.63, 3.8) is 0 Å². The van der Waals surface area contributed by atoms with Gasteiger partial charge in [-0.05, 0) is 5.56 Å². The Kier molecular flexibility index (Phi) is 13.1. The topological polar surface area (TPSA) is 112 Å². The van der Waals surface area contributed by atoms with Gasteiger partial charge < -0.3 is 20.1 Å². The van der Waals surface area contributed by atoms with Crippen molar-refractivity contribution in [2.75, 3.05) is 0 Å². The van der Waals surface area contributed by atoms with Gasteiger partial charge in [0, 0.05) is 65.4 Å². The molecule has 0 unspecified atom stereocenters. The van der Waals surface area contributed by atoms with Crippen LogP contribution in [0.1, 0.15) is 42.2 Å². The Balaban J connectivity index is 0. The normalized spacial score (nSPS) is 8.72. The summed E-state index contributed by atoms with van der Waals surface area (Å²) in [4.78, 5) is 31.3. The molecular formula is C17H14O6Y2-2. The van der Waals surface area contributed by atoms with E-state index >= 15 is 0 Å². The van der Waals surface area contributed by atoms with Crippen LogP contribution in [0.3, 0.4) is 0 Å². The Labute approximate surface area is 195 Å². The van der Waals surface area contributed by atoms with Crippen LogP contribution in [0.15, 0.2) is 30.3 Å². The first-order chi connectivity index (χ1) is 10.7. The van der Waals surface area contributed by atoms with Gasteiger partial charge >= 0.3 is 0 Å². The molecule has 6 nitrogen and oxygen atoms in total. The van der Waals surface area contributed by atoms with Gasteiger partial charge in [-0.3, -0.25) is 9.59 Å². The van der Waals surface area contributed by atoms with Crippen molar-refractivity contribution in [3.8, 4) is 0 Å². The zero-order valence-electron chi connectivity index (χ0n) is 13.6. The molecule has 0 heterocycles. The maximum Gasteiger partial charge on any atom is 0.292 e. The summed E-state index contributed by atoms with van der Waals surface area (Å²) in [7, 11) is 0. The molecule has 3 N–H and O–H groups in total. The number of carbonyl (C=O) groups is 3. The van der Waals surface area contributed by atoms with Crippen LogP contribution in [0.4, 0.5) is 0 Å². The number of hydrogen-bond donors (Lipinski definition) is 3. The second-order valence-corrected chi connectivity index (χ2v) is 4.66. The number of aromatic carboxylic acids is 3. The summed E-state index contributed by atoms with van der Waals surface area (Å²) in [6, 6.07) is 12.4. The summed E-state index contributed by atoms with van der Waals surface area (Å²) in [5, 5.41) is 25.7. The number of aryl methyl sites for hydroxylation is 2. The van der Waals surface area contributed by atoms with E-state index in [0.717, 1.165) is 11.6 Å². The van der Waals surface area contributed by atoms with E-state index in [2.05, 4.69) is 12.1 Å². The fourth-order valence-electron chi connectivity index (χ4n) is 1.68. The third kappa shape index (κ3) is 8.81. The third-order valence-electron chi connectivity index (χ3n) is 2.78. The van der Waals surface area contributed by atoms with E-state index in [4.69, 9.17) is 15.3 Å². The standard InChI is InChI=1S/C9H7O4.C8H7O2.2Y/c1-5-4-6(8(10)11)2-3-7(5)9(12)13;1-6-3-2-4-7(5-6)8(9)10;;/h2,4H,1H3,(H,10,11)(H,12,13);3-5H,1H3,(H,9,10);;/q2*-1;;. The quantitative estimate of drug-likeness (QED) is 0.569. The van der Waals surface area contributed by atoms with Crippen LogP contribution >= 0.6 is 0 Å². The molecule has 0 atom stereocenters. The van der Waals surface area contributed by atoms with Gasteiger partial charge in [-0.15, -0.1) is 23.8 Å². The molecule has 0 amide bonds. The molecule has 0 aromatic heterocycles. The second-order valence-electron chi connectivity index (χ2n) is 4.66. The van der Waals surface area contributed by atoms with E-state index in [0.29, 0.717) is 11.1 Å². The zero-order valence-corrected chi connectivity index (χ0v) is 19.3. The largest absolute Gasteiger partial charge is 0.521 e. The van der Waals surface area contributed by atoms with Gasteiger partial charge in [0.1, 0.15) is 0 Å². The monoisotopic (exact) mass is 492 g/mol. The van der Waals surface area contributed by atoms with E-state index in [1.54, 1.807) is 12.1 Å². The summed E-state index contributed by atoms with van der Waals surface area (Å²) in [5.41, 5.74) is 1.65. The summed E-state index contributed by atoms with van der Waals surface area (Å²) >= 11 is 0. The molecule has 2 radical (unpaired) electrons. The van der Waals surface area contributed by atoms with Crippen LogP contribution in [0.2, 0.25) is 0 Å². The molecule has 2 rings (SSSR count). The van der Waals surface area contributed by atoms with Crippen molar-refractivity contribution in [2.45, 2.75) is 13.8 Å². The van der Waals surface area contributed by atoms with Crippen molar-refractivity contribution in [2.24, 2.45) is 0 Å². The fourth-order valence-corrected chi connectivity index (χ4v) is 1.68. The predicted octanol–water partition coefficient (Wildman–Crippen LogP) is 2.68. The van der Waals surface area contributed by atoms with Gasteiger partial charge in [-0.1, -0.05) is 25.0 Å². The van der Waals surface area contributed by atoms with Gasteiger partial charge in [0.2, 0.25) is 5.97 Å². The minimum atomic E-state index is -1.10. The molecule has 0 saturated carbocycles. The Bertz CT molecular complexity index is 759. The van der Waals surface area contributed by atoms with Gasteiger partial charge in [0.05, 0.1) is 0 Å². The molecule has 2 aromatic rings. The molecule has 25 heavy (non-hydrogen) atoms. The maximum atomic E-state index is 10.5. The SMILES string of the molecule is Cc1c[c-]cc(C(=O)O)c1.Cc1cc(C(=O)O)c[c-]c1C(=O)O.[Y].[Y]. The van der Waals surface area contributed by atoms with Crippen molar-refractivity contribution in [1.82, 2.24) is 0 Å². The Morgan fingerprint density at radius 1 is 0.800 bits per heavy atom. The average molecular weight is 492 g/mol. The van der Waals surface area contributed by atoms with Gasteiger partial charge in [-0.25, -0.2) is 0 Å². The Hall–Kier alpha value is -0.942. The van der Waals surface area contributed by atoms with Crippen LogP contribution in [0.5, 0.6) is 0 Å². The molecule has 0 aliphatic carbocycles. The first-order valence-corrected chi connectivity index (χ1v) is 6.42. The summed E-state index contributed by atoms with van der Waals surface area (Å²) in [6.07, 6.45) is 0. The first kappa shape index (κ1) is 26.3. The number of rotatable bonds is 3. The first-order valence-electron chi connectivity index (χ1n) is 6.42. The van der Waals surface area contributed by atoms with Crippen LogP contribution in [0, 0.1) is 26.0 Å². The Morgan fingerprint density at radius 2 is 1.32 bits per heavy atom. The van der Waals surface area contributed by atoms with E-state index in [1.807, 2.05) is 6.92 Å². The van der Waals surface area contributed by atoms with Crippen molar-refractivity contribution < 1.29 is 95.1 Å². The summed E-state index contributed by atoms with van der Waals surface area (Å²) < 4.78 is 0. The third-order valence-corrected chi connectivity index (χ3v) is 2.78. The molecule has 0 fully saturated rings. The number of benzene rings is 2. The summed E-state index contributed by atoms with van der Waals surface area (Å²) in [5.74, 6) is -3.09. The van der Waals surface area contributed by atoms with Crippen LogP contribution < -0.4 is 0 Å². The van der Waals surface area contributed by atoms with Gasteiger partial charge in [0.15, 0.2) is 0 Å². The average Bonchev–Trinajstić information content (AvgIpc) is 2.47. The molecular weight excluding hydrogens is 478 g/mol. The molecule has 126 valence electrons. The van der Waals surface area contributed by atoms with E-state index in [9.17, 15) is 14.4 Å².